The molecule has 0 fully saturated rings. The van der Waals surface area contributed by atoms with Crippen molar-refractivity contribution in [1.29, 1.82) is 0 Å². The molecule has 0 N–H and O–H groups in total. The van der Waals surface area contributed by atoms with Gasteiger partial charge in [0.1, 0.15) is 0 Å². The second kappa shape index (κ2) is 6.68. The predicted octanol–water partition coefficient (Wildman–Crippen LogP) is -1.51. The molecular weight excluding hydrogens is 181 g/mol. The summed E-state index contributed by atoms with van der Waals surface area (Å²) in [5.74, 6) is 0.306. The summed E-state index contributed by atoms with van der Waals surface area (Å²) in [4.78, 5) is 1.66. The minimum absolute atomic E-state index is 0. The summed E-state index contributed by atoms with van der Waals surface area (Å²) in [7, 11) is 3.43. The number of hydrogen-bond acceptors (Lipinski definition) is 1. The molecule has 0 amide bonds. The first-order valence-corrected chi connectivity index (χ1v) is 2.94. The summed E-state index contributed by atoms with van der Waals surface area (Å²) in [6.07, 6.45) is 1.11. The number of likely N-dealkylation sites (N-methyl/N-ethyl adjacent to an activating group) is 1. The van der Waals surface area contributed by atoms with Gasteiger partial charge in [0, 0.05) is 6.54 Å². The molecule has 60 valence electrons. The molecule has 0 bridgehead atoms. The third-order valence-corrected chi connectivity index (χ3v) is 0.825. The predicted molar refractivity (Wildman–Crippen MR) is 36.8 cm³/mol. The van der Waals surface area contributed by atoms with Crippen molar-refractivity contribution in [2.24, 2.45) is 0 Å². The van der Waals surface area contributed by atoms with Crippen LogP contribution in [0.15, 0.2) is 12.1 Å². The van der Waals surface area contributed by atoms with E-state index in [1.54, 1.807) is 19.0 Å². The normalized spacial score (nSPS) is 12.2. The molecule has 0 aliphatic heterocycles. The third-order valence-electron chi connectivity index (χ3n) is 0.825. The zero-order valence-electron chi connectivity index (χ0n) is 7.02. The molecule has 0 aromatic carbocycles. The van der Waals surface area contributed by atoms with Gasteiger partial charge in [0.25, 0.3) is 0 Å². The van der Waals surface area contributed by atoms with Crippen LogP contribution in [0.2, 0.25) is 0 Å². The van der Waals surface area contributed by atoms with Crippen LogP contribution in [0, 0.1) is 0 Å². The average molecular weight is 191 g/mol. The second-order valence-electron chi connectivity index (χ2n) is 2.32. The Kier molecular flexibility index (Phi) is 8.93. The van der Waals surface area contributed by atoms with Gasteiger partial charge in [0.2, 0.25) is 0 Å². The fourth-order valence-corrected chi connectivity index (χ4v) is 0.426. The molecule has 0 radical (unpaired) electrons. The molecule has 0 rings (SSSR count). The van der Waals surface area contributed by atoms with Gasteiger partial charge in [-0.25, -0.2) is 0 Å². The van der Waals surface area contributed by atoms with E-state index in [2.05, 4.69) is 0 Å². The van der Waals surface area contributed by atoms with Crippen molar-refractivity contribution in [3.63, 3.8) is 0 Å². The van der Waals surface area contributed by atoms with E-state index < -0.39 is 6.98 Å². The summed E-state index contributed by atoms with van der Waals surface area (Å²) in [5.41, 5.74) is 0. The molecule has 0 aromatic rings. The first-order valence-electron chi connectivity index (χ1n) is 2.94. The Balaban J connectivity index is 0. The average Bonchev–Trinajstić information content (AvgIpc) is 1.59. The largest absolute Gasteiger partial charge is 1.00 e. The molecule has 0 saturated carbocycles. The van der Waals surface area contributed by atoms with E-state index in [4.69, 9.17) is 0 Å². The monoisotopic (exact) mass is 191 g/mol. The third kappa shape index (κ3) is 14.1. The van der Waals surface area contributed by atoms with Crippen LogP contribution in [0.3, 0.4) is 0 Å². The summed E-state index contributed by atoms with van der Waals surface area (Å²) in [6, 6.07) is 0. The second-order valence-corrected chi connectivity index (χ2v) is 2.32. The van der Waals surface area contributed by atoms with E-state index in [0.29, 0.717) is 12.5 Å². The van der Waals surface area contributed by atoms with Crippen LogP contribution < -0.4 is 51.4 Å². The maximum Gasteiger partial charge on any atom is 1.00 e. The van der Waals surface area contributed by atoms with Crippen LogP contribution in [0.25, 0.3) is 0 Å². The molecule has 0 aromatic heterocycles. The van der Waals surface area contributed by atoms with Gasteiger partial charge in [-0.15, -0.1) is 12.1 Å². The summed E-state index contributed by atoms with van der Waals surface area (Å²) in [6.45, 7) is -4.40. The fraction of sp³-hybridized carbons (Fsp3) is 0.600. The molecule has 0 saturated heterocycles. The Morgan fingerprint density at radius 1 is 1.27 bits per heavy atom. The first kappa shape index (κ1) is 14.7. The molecule has 0 unspecified atom stereocenters. The minimum atomic E-state index is -4.74. The molecule has 0 heterocycles. The van der Waals surface area contributed by atoms with E-state index in [0.717, 1.165) is 6.08 Å². The first-order chi connectivity index (χ1) is 4.42. The Morgan fingerprint density at radius 2 is 1.73 bits per heavy atom. The number of halogens is 3. The molecule has 6 heteroatoms. The topological polar surface area (TPSA) is 3.24 Å². The molecule has 11 heavy (non-hydrogen) atoms. The van der Waals surface area contributed by atoms with Gasteiger partial charge in [0.05, 0.1) is 0 Å². The van der Waals surface area contributed by atoms with Gasteiger partial charge in [0.15, 0.2) is 0 Å². The van der Waals surface area contributed by atoms with Crippen LogP contribution in [-0.2, 0) is 0 Å². The standard InChI is InChI=1S/C5H10BF3N.K/c1-10(2)5-3-4-6(7,8)9;/h3-4H,5H2,1-2H3;/q-1;+1. The Hall–Kier alpha value is 1.19. The Morgan fingerprint density at radius 3 is 2.00 bits per heavy atom. The maximum atomic E-state index is 11.5. The SMILES string of the molecule is CN(C)CC=C[B-](F)(F)F.[K+]. The van der Waals surface area contributed by atoms with Gasteiger partial charge >= 0.3 is 58.4 Å². The van der Waals surface area contributed by atoms with Gasteiger partial charge in [-0.2, -0.15) is 0 Å². The van der Waals surface area contributed by atoms with Crippen LogP contribution in [0.4, 0.5) is 12.9 Å². The molecule has 0 spiro atoms. The molecule has 0 atom stereocenters. The van der Waals surface area contributed by atoms with Gasteiger partial charge < -0.3 is 17.8 Å². The van der Waals surface area contributed by atoms with Gasteiger partial charge in [-0.3, -0.25) is 0 Å². The summed E-state index contributed by atoms with van der Waals surface area (Å²) < 4.78 is 34.4. The minimum Gasteiger partial charge on any atom is -0.445 e. The van der Waals surface area contributed by atoms with Crippen LogP contribution in [-0.4, -0.2) is 32.5 Å². The molecule has 0 aliphatic rings. The van der Waals surface area contributed by atoms with E-state index >= 15 is 0 Å². The zero-order chi connectivity index (χ0) is 8.20. The van der Waals surface area contributed by atoms with Crippen LogP contribution >= 0.6 is 0 Å². The van der Waals surface area contributed by atoms with Gasteiger partial charge in [-0.1, -0.05) is 0 Å². The smallest absolute Gasteiger partial charge is 0.445 e. The summed E-state index contributed by atoms with van der Waals surface area (Å²) >= 11 is 0. The zero-order valence-corrected chi connectivity index (χ0v) is 10.1. The molecule has 0 aliphatic carbocycles. The van der Waals surface area contributed by atoms with Crippen molar-refractivity contribution in [2.45, 2.75) is 0 Å². The number of nitrogens with zero attached hydrogens (tertiary/aromatic N) is 1. The van der Waals surface area contributed by atoms with E-state index in [1.165, 1.54) is 0 Å². The molecule has 1 nitrogen and oxygen atoms in total. The fourth-order valence-electron chi connectivity index (χ4n) is 0.426. The van der Waals surface area contributed by atoms with Crippen molar-refractivity contribution in [2.75, 3.05) is 20.6 Å². The number of rotatable bonds is 3. The van der Waals surface area contributed by atoms with Crippen molar-refractivity contribution in [3.05, 3.63) is 12.1 Å². The van der Waals surface area contributed by atoms with Crippen molar-refractivity contribution >= 4 is 6.98 Å². The van der Waals surface area contributed by atoms with Crippen molar-refractivity contribution in [1.82, 2.24) is 4.90 Å². The van der Waals surface area contributed by atoms with Crippen molar-refractivity contribution < 1.29 is 64.3 Å². The van der Waals surface area contributed by atoms with Crippen LogP contribution in [0.5, 0.6) is 0 Å². The Bertz CT molecular complexity index is 123. The summed E-state index contributed by atoms with van der Waals surface area (Å²) in [5, 5.41) is 0. The van der Waals surface area contributed by atoms with E-state index in [9.17, 15) is 12.9 Å². The van der Waals surface area contributed by atoms with E-state index in [-0.39, 0.29) is 51.4 Å². The van der Waals surface area contributed by atoms with E-state index in [1.807, 2.05) is 0 Å². The number of hydrogen-bond donors (Lipinski definition) is 0. The van der Waals surface area contributed by atoms with Gasteiger partial charge in [-0.05, 0) is 14.1 Å². The maximum absolute atomic E-state index is 11.5. The molecular formula is C5H10BF3KN. The quantitative estimate of drug-likeness (QED) is 0.490. The Labute approximate surface area is 107 Å². The van der Waals surface area contributed by atoms with Crippen LogP contribution in [0.1, 0.15) is 0 Å². The van der Waals surface area contributed by atoms with Crippen molar-refractivity contribution in [3.8, 4) is 0 Å².